The van der Waals surface area contributed by atoms with Gasteiger partial charge in [0.1, 0.15) is 11.6 Å². The van der Waals surface area contributed by atoms with Gasteiger partial charge in [-0.05, 0) is 30.6 Å². The number of hydrogen-bond acceptors (Lipinski definition) is 2. The predicted octanol–water partition coefficient (Wildman–Crippen LogP) is 3.71. The summed E-state index contributed by atoms with van der Waals surface area (Å²) in [6, 6.07) is 4.77. The van der Waals surface area contributed by atoms with Gasteiger partial charge in [-0.15, -0.1) is 11.6 Å². The van der Waals surface area contributed by atoms with Gasteiger partial charge >= 0.3 is 0 Å². The number of alkyl halides is 1. The Bertz CT molecular complexity index is 527. The van der Waals surface area contributed by atoms with E-state index in [1.54, 1.807) is 6.07 Å². The maximum absolute atomic E-state index is 13.2. The van der Waals surface area contributed by atoms with E-state index in [1.807, 2.05) is 11.8 Å². The summed E-state index contributed by atoms with van der Waals surface area (Å²) in [5.41, 5.74) is 1.72. The lowest BCUT2D eigenvalue weighted by molar-refractivity contribution is 0.629. The smallest absolute Gasteiger partial charge is 0.125 e. The van der Waals surface area contributed by atoms with Crippen LogP contribution in [-0.2, 0) is 13.0 Å². The number of rotatable bonds is 6. The van der Waals surface area contributed by atoms with Crippen LogP contribution >= 0.6 is 23.4 Å². The molecule has 0 spiro atoms. The molecule has 0 aliphatic rings. The van der Waals surface area contributed by atoms with Gasteiger partial charge in [0.2, 0.25) is 0 Å². The number of halogens is 2. The fourth-order valence-corrected chi connectivity index (χ4v) is 2.63. The van der Waals surface area contributed by atoms with E-state index >= 15 is 0 Å². The van der Waals surface area contributed by atoms with Crippen molar-refractivity contribution in [1.82, 2.24) is 9.55 Å². The fourth-order valence-electron chi connectivity index (χ4n) is 2.04. The van der Waals surface area contributed by atoms with Gasteiger partial charge in [-0.1, -0.05) is 0 Å². The minimum Gasteiger partial charge on any atom is -0.328 e. The van der Waals surface area contributed by atoms with E-state index in [4.69, 9.17) is 11.6 Å². The molecule has 0 atom stereocenters. The Balaban J connectivity index is 2.35. The van der Waals surface area contributed by atoms with Crippen molar-refractivity contribution in [3.8, 4) is 0 Å². The third-order valence-corrected chi connectivity index (χ3v) is 3.72. The molecule has 0 amide bonds. The van der Waals surface area contributed by atoms with Gasteiger partial charge in [-0.2, -0.15) is 11.8 Å². The monoisotopic (exact) mass is 286 g/mol. The normalized spacial score (nSPS) is 11.3. The van der Waals surface area contributed by atoms with Gasteiger partial charge in [0.05, 0.1) is 11.0 Å². The van der Waals surface area contributed by atoms with Crippen LogP contribution in [-0.4, -0.2) is 27.4 Å². The first-order valence-electron chi connectivity index (χ1n) is 5.96. The molecule has 2 nitrogen and oxygen atoms in total. The van der Waals surface area contributed by atoms with Gasteiger partial charge in [0.15, 0.2) is 0 Å². The Morgan fingerprint density at radius 3 is 3.00 bits per heavy atom. The third-order valence-electron chi connectivity index (χ3n) is 2.84. The molecule has 18 heavy (non-hydrogen) atoms. The Morgan fingerprint density at radius 1 is 1.44 bits per heavy atom. The van der Waals surface area contributed by atoms with Gasteiger partial charge < -0.3 is 4.57 Å². The van der Waals surface area contributed by atoms with Crippen LogP contribution < -0.4 is 0 Å². The van der Waals surface area contributed by atoms with Crippen LogP contribution in [0.15, 0.2) is 18.2 Å². The molecule has 2 aromatic rings. The molecular weight excluding hydrogens is 271 g/mol. The second kappa shape index (κ2) is 6.43. The molecule has 0 unspecified atom stereocenters. The molecule has 0 aliphatic carbocycles. The highest BCUT2D eigenvalue weighted by Gasteiger charge is 2.10. The van der Waals surface area contributed by atoms with E-state index in [0.29, 0.717) is 5.88 Å². The molecule has 2 rings (SSSR count). The van der Waals surface area contributed by atoms with Crippen molar-refractivity contribution >= 4 is 34.4 Å². The summed E-state index contributed by atoms with van der Waals surface area (Å²) < 4.78 is 15.4. The van der Waals surface area contributed by atoms with Crippen molar-refractivity contribution in [2.75, 3.05) is 17.9 Å². The molecule has 0 aliphatic heterocycles. The minimum atomic E-state index is -0.242. The lowest BCUT2D eigenvalue weighted by atomic mass is 10.3. The molecule has 1 aromatic carbocycles. The highest BCUT2D eigenvalue weighted by atomic mass is 35.5. The number of benzene rings is 1. The average molecular weight is 287 g/mol. The van der Waals surface area contributed by atoms with Crippen molar-refractivity contribution in [3.05, 3.63) is 29.8 Å². The van der Waals surface area contributed by atoms with Crippen LogP contribution in [0, 0.1) is 5.82 Å². The lowest BCUT2D eigenvalue weighted by Crippen LogP contribution is -2.05. The summed E-state index contributed by atoms with van der Waals surface area (Å²) >= 11 is 7.63. The summed E-state index contributed by atoms with van der Waals surface area (Å²) in [4.78, 5) is 4.47. The predicted molar refractivity (Wildman–Crippen MR) is 77.1 cm³/mol. The zero-order valence-electron chi connectivity index (χ0n) is 10.3. The number of thioether (sulfide) groups is 1. The number of aryl methyl sites for hydroxylation is 2. The van der Waals surface area contributed by atoms with E-state index in [0.717, 1.165) is 42.0 Å². The van der Waals surface area contributed by atoms with Gasteiger partial charge in [0.25, 0.3) is 0 Å². The van der Waals surface area contributed by atoms with E-state index < -0.39 is 0 Å². The second-order valence-electron chi connectivity index (χ2n) is 4.10. The van der Waals surface area contributed by atoms with Crippen LogP contribution in [0.5, 0.6) is 0 Å². The molecule has 5 heteroatoms. The maximum atomic E-state index is 13.2. The quantitative estimate of drug-likeness (QED) is 0.595. The summed E-state index contributed by atoms with van der Waals surface area (Å²) in [7, 11) is 0. The topological polar surface area (TPSA) is 17.8 Å². The number of imidazole rings is 1. The maximum Gasteiger partial charge on any atom is 0.125 e. The Hall–Kier alpha value is -0.740. The first-order chi connectivity index (χ1) is 8.76. The molecule has 0 N–H and O–H groups in total. The first kappa shape index (κ1) is 13.7. The summed E-state index contributed by atoms with van der Waals surface area (Å²) in [5.74, 6) is 2.36. The molecule has 0 fully saturated rings. The van der Waals surface area contributed by atoms with E-state index in [-0.39, 0.29) is 5.82 Å². The molecule has 1 aromatic heterocycles. The van der Waals surface area contributed by atoms with Crippen LogP contribution in [0.1, 0.15) is 12.2 Å². The number of aromatic nitrogens is 2. The number of nitrogens with zero attached hydrogens (tertiary/aromatic N) is 2. The zero-order chi connectivity index (χ0) is 13.0. The molecule has 0 saturated heterocycles. The fraction of sp³-hybridized carbons (Fsp3) is 0.462. The van der Waals surface area contributed by atoms with E-state index in [1.165, 1.54) is 12.1 Å². The average Bonchev–Trinajstić information content (AvgIpc) is 2.67. The van der Waals surface area contributed by atoms with Crippen molar-refractivity contribution in [1.29, 1.82) is 0 Å². The SMILES string of the molecule is CSCCCn1c(CCCl)nc2cc(F)ccc21. The van der Waals surface area contributed by atoms with E-state index in [9.17, 15) is 4.39 Å². The summed E-state index contributed by atoms with van der Waals surface area (Å²) in [5, 5.41) is 0. The van der Waals surface area contributed by atoms with Crippen LogP contribution in [0.25, 0.3) is 11.0 Å². The van der Waals surface area contributed by atoms with Crippen LogP contribution in [0.2, 0.25) is 0 Å². The summed E-state index contributed by atoms with van der Waals surface area (Å²) in [6.07, 6.45) is 3.90. The minimum absolute atomic E-state index is 0.242. The van der Waals surface area contributed by atoms with Crippen molar-refractivity contribution < 1.29 is 4.39 Å². The molecule has 98 valence electrons. The highest BCUT2D eigenvalue weighted by molar-refractivity contribution is 7.98. The number of fused-ring (bicyclic) bond motifs is 1. The van der Waals surface area contributed by atoms with Crippen molar-refractivity contribution in [2.24, 2.45) is 0 Å². The lowest BCUT2D eigenvalue weighted by Gasteiger charge is -2.07. The largest absolute Gasteiger partial charge is 0.328 e. The second-order valence-corrected chi connectivity index (χ2v) is 5.46. The standard InChI is InChI=1S/C13H16ClFN2S/c1-18-8-2-7-17-12-4-3-10(15)9-11(12)16-13(17)5-6-14/h3-4,9H,2,5-8H2,1H3. The van der Waals surface area contributed by atoms with Gasteiger partial charge in [-0.3, -0.25) is 0 Å². The highest BCUT2D eigenvalue weighted by Crippen LogP contribution is 2.19. The molecule has 0 radical (unpaired) electrons. The Labute approximate surface area is 116 Å². The zero-order valence-corrected chi connectivity index (χ0v) is 11.9. The molecular formula is C13H16ClFN2S. The van der Waals surface area contributed by atoms with E-state index in [2.05, 4.69) is 15.8 Å². The third kappa shape index (κ3) is 2.98. The molecule has 0 bridgehead atoms. The van der Waals surface area contributed by atoms with Crippen molar-refractivity contribution in [3.63, 3.8) is 0 Å². The Kier molecular flexibility index (Phi) is 4.89. The van der Waals surface area contributed by atoms with Crippen molar-refractivity contribution in [2.45, 2.75) is 19.4 Å². The van der Waals surface area contributed by atoms with Gasteiger partial charge in [0, 0.05) is 24.9 Å². The molecule has 0 saturated carbocycles. The van der Waals surface area contributed by atoms with Gasteiger partial charge in [-0.25, -0.2) is 9.37 Å². The number of hydrogen-bond donors (Lipinski definition) is 0. The summed E-state index contributed by atoms with van der Waals surface area (Å²) in [6.45, 7) is 0.912. The van der Waals surface area contributed by atoms with Crippen LogP contribution in [0.3, 0.4) is 0 Å². The first-order valence-corrected chi connectivity index (χ1v) is 7.88. The molecule has 1 heterocycles. The Morgan fingerprint density at radius 2 is 2.28 bits per heavy atom. The van der Waals surface area contributed by atoms with Crippen LogP contribution in [0.4, 0.5) is 4.39 Å².